The minimum atomic E-state index is 0.931. The highest BCUT2D eigenvalue weighted by Crippen LogP contribution is 2.45. The van der Waals surface area contributed by atoms with E-state index in [0.29, 0.717) is 0 Å². The SMILES string of the molecule is CCc1ccccc1-c1c(CC)cccc1N(c1ccc(-c2cccc(-n3c4ccccc4c4ccccc43)c2)cc1)c1ccc(-c2cccc3cccc(-c4ccccc4)c23)cc1. The summed E-state index contributed by atoms with van der Waals surface area (Å²) in [6.07, 6.45) is 1.89. The maximum atomic E-state index is 2.46. The van der Waals surface area contributed by atoms with E-state index in [-0.39, 0.29) is 0 Å². The number of aryl methyl sites for hydroxylation is 2. The molecule has 0 aliphatic heterocycles. The van der Waals surface area contributed by atoms with E-state index in [1.54, 1.807) is 0 Å². The molecule has 0 aliphatic carbocycles. The molecule has 0 fully saturated rings. The zero-order valence-electron chi connectivity index (χ0n) is 36.2. The number of hydrogen-bond acceptors (Lipinski definition) is 1. The van der Waals surface area contributed by atoms with Crippen LogP contribution in [0.1, 0.15) is 25.0 Å². The number of rotatable bonds is 10. The molecule has 0 N–H and O–H groups in total. The van der Waals surface area contributed by atoms with Crippen LogP contribution in [0, 0.1) is 0 Å². The van der Waals surface area contributed by atoms with Crippen LogP contribution in [0.3, 0.4) is 0 Å². The molecular weight excluding hydrogens is 773 g/mol. The van der Waals surface area contributed by atoms with Crippen LogP contribution in [-0.2, 0) is 12.8 Å². The molecule has 306 valence electrons. The lowest BCUT2D eigenvalue weighted by molar-refractivity contribution is 1.11. The van der Waals surface area contributed by atoms with Crippen molar-refractivity contribution in [2.24, 2.45) is 0 Å². The zero-order valence-corrected chi connectivity index (χ0v) is 36.2. The van der Waals surface area contributed by atoms with Gasteiger partial charge in [0.15, 0.2) is 0 Å². The van der Waals surface area contributed by atoms with Crippen molar-refractivity contribution in [3.8, 4) is 50.2 Å². The minimum absolute atomic E-state index is 0.931. The summed E-state index contributed by atoms with van der Waals surface area (Å²) >= 11 is 0. The van der Waals surface area contributed by atoms with Crippen LogP contribution >= 0.6 is 0 Å². The maximum Gasteiger partial charge on any atom is 0.0542 e. The average molecular weight is 821 g/mol. The first-order valence-electron chi connectivity index (χ1n) is 22.6. The normalized spacial score (nSPS) is 11.4. The largest absolute Gasteiger partial charge is 0.310 e. The second-order valence-corrected chi connectivity index (χ2v) is 16.6. The fraction of sp³-hybridized carbons (Fsp3) is 0.0645. The minimum Gasteiger partial charge on any atom is -0.310 e. The van der Waals surface area contributed by atoms with Gasteiger partial charge in [0.05, 0.1) is 16.7 Å². The van der Waals surface area contributed by atoms with Crippen molar-refractivity contribution < 1.29 is 0 Å². The van der Waals surface area contributed by atoms with E-state index in [4.69, 9.17) is 0 Å². The third kappa shape index (κ3) is 6.85. The van der Waals surface area contributed by atoms with E-state index in [1.165, 1.54) is 93.9 Å². The molecule has 1 heterocycles. The molecule has 0 radical (unpaired) electrons. The van der Waals surface area contributed by atoms with Gasteiger partial charge in [-0.2, -0.15) is 0 Å². The van der Waals surface area contributed by atoms with Crippen LogP contribution in [0.4, 0.5) is 17.1 Å². The van der Waals surface area contributed by atoms with Gasteiger partial charge in [0, 0.05) is 33.4 Å². The molecule has 11 rings (SSSR count). The molecule has 0 aliphatic rings. The number of para-hydroxylation sites is 2. The summed E-state index contributed by atoms with van der Waals surface area (Å²) in [4.78, 5) is 2.46. The zero-order chi connectivity index (χ0) is 43.0. The molecule has 0 unspecified atom stereocenters. The van der Waals surface area contributed by atoms with Gasteiger partial charge in [0.1, 0.15) is 0 Å². The molecule has 2 heteroatoms. The van der Waals surface area contributed by atoms with Crippen molar-refractivity contribution in [2.45, 2.75) is 26.7 Å². The Kier molecular flexibility index (Phi) is 10.2. The van der Waals surface area contributed by atoms with E-state index in [0.717, 1.165) is 29.9 Å². The van der Waals surface area contributed by atoms with Crippen LogP contribution in [-0.4, -0.2) is 4.57 Å². The van der Waals surface area contributed by atoms with E-state index in [9.17, 15) is 0 Å². The van der Waals surface area contributed by atoms with Gasteiger partial charge < -0.3 is 9.47 Å². The van der Waals surface area contributed by atoms with Gasteiger partial charge in [-0.3, -0.25) is 0 Å². The molecule has 0 bridgehead atoms. The van der Waals surface area contributed by atoms with Crippen molar-refractivity contribution in [2.75, 3.05) is 4.90 Å². The number of benzene rings is 10. The topological polar surface area (TPSA) is 8.17 Å². The van der Waals surface area contributed by atoms with Crippen molar-refractivity contribution in [3.05, 3.63) is 242 Å². The third-order valence-corrected chi connectivity index (χ3v) is 13.0. The molecule has 0 spiro atoms. The first-order valence-corrected chi connectivity index (χ1v) is 22.6. The molecule has 2 nitrogen and oxygen atoms in total. The van der Waals surface area contributed by atoms with Crippen LogP contribution < -0.4 is 4.90 Å². The predicted octanol–water partition coefficient (Wildman–Crippen LogP) is 17.2. The van der Waals surface area contributed by atoms with E-state index in [2.05, 4.69) is 254 Å². The molecule has 11 aromatic rings. The highest BCUT2D eigenvalue weighted by atomic mass is 15.1. The van der Waals surface area contributed by atoms with Gasteiger partial charge in [0.25, 0.3) is 0 Å². The van der Waals surface area contributed by atoms with Gasteiger partial charge in [-0.1, -0.05) is 190 Å². The van der Waals surface area contributed by atoms with Crippen molar-refractivity contribution in [3.63, 3.8) is 0 Å². The van der Waals surface area contributed by atoms with E-state index in [1.807, 2.05) is 0 Å². The molecule has 10 aromatic carbocycles. The van der Waals surface area contributed by atoms with Crippen LogP contribution in [0.25, 0.3) is 82.8 Å². The third-order valence-electron chi connectivity index (χ3n) is 13.0. The Labute approximate surface area is 376 Å². The fourth-order valence-corrected chi connectivity index (χ4v) is 9.94. The van der Waals surface area contributed by atoms with Gasteiger partial charge in [-0.25, -0.2) is 0 Å². The highest BCUT2D eigenvalue weighted by molar-refractivity contribution is 6.09. The fourth-order valence-electron chi connectivity index (χ4n) is 9.94. The lowest BCUT2D eigenvalue weighted by Crippen LogP contribution is -2.12. The molecular formula is C62H48N2. The van der Waals surface area contributed by atoms with Crippen molar-refractivity contribution in [1.82, 2.24) is 4.57 Å². The Hall–Kier alpha value is -7.94. The maximum absolute atomic E-state index is 2.46. The second-order valence-electron chi connectivity index (χ2n) is 16.6. The molecule has 64 heavy (non-hydrogen) atoms. The van der Waals surface area contributed by atoms with Gasteiger partial charge in [-0.15, -0.1) is 0 Å². The number of nitrogens with zero attached hydrogens (tertiary/aromatic N) is 2. The summed E-state index contributed by atoms with van der Waals surface area (Å²) in [6, 6.07) is 84.5. The molecule has 0 amide bonds. The number of fused-ring (bicyclic) bond motifs is 4. The summed E-state index contributed by atoms with van der Waals surface area (Å²) in [5, 5.41) is 5.04. The van der Waals surface area contributed by atoms with Crippen molar-refractivity contribution >= 4 is 49.6 Å². The van der Waals surface area contributed by atoms with E-state index < -0.39 is 0 Å². The van der Waals surface area contributed by atoms with Crippen LogP contribution in [0.5, 0.6) is 0 Å². The summed E-state index contributed by atoms with van der Waals surface area (Å²) in [7, 11) is 0. The lowest BCUT2D eigenvalue weighted by Gasteiger charge is -2.30. The Morgan fingerprint density at radius 3 is 1.53 bits per heavy atom. The van der Waals surface area contributed by atoms with Crippen LogP contribution in [0.15, 0.2) is 231 Å². The lowest BCUT2D eigenvalue weighted by atomic mass is 9.90. The summed E-state index contributed by atoms with van der Waals surface area (Å²) in [5.74, 6) is 0. The second kappa shape index (κ2) is 16.7. The molecule has 0 atom stereocenters. The first-order chi connectivity index (χ1) is 31.7. The standard InChI is InChI=1S/C62H48N2/c1-3-43-18-8-9-26-53(43)62-44(4-2)21-17-33-60(62)63(51-40-36-47(37-41-51)55-30-16-23-48-22-15-29-54(61(48)55)46-19-6-5-7-20-46)50-38-34-45(35-39-50)49-24-14-25-52(42-49)64-58-31-12-10-27-56(58)57-28-11-13-32-59(57)64/h5-42H,3-4H2,1-2H3. The Morgan fingerprint density at radius 2 is 0.875 bits per heavy atom. The molecule has 0 saturated carbocycles. The smallest absolute Gasteiger partial charge is 0.0542 e. The van der Waals surface area contributed by atoms with Gasteiger partial charge in [0.2, 0.25) is 0 Å². The van der Waals surface area contributed by atoms with Crippen molar-refractivity contribution in [1.29, 1.82) is 0 Å². The monoisotopic (exact) mass is 820 g/mol. The summed E-state index contributed by atoms with van der Waals surface area (Å²) in [5.41, 5.74) is 19.5. The summed E-state index contributed by atoms with van der Waals surface area (Å²) in [6.45, 7) is 4.53. The Bertz CT molecular complexity index is 3390. The predicted molar refractivity (Wildman–Crippen MR) is 273 cm³/mol. The van der Waals surface area contributed by atoms with E-state index >= 15 is 0 Å². The molecule has 1 aromatic heterocycles. The van der Waals surface area contributed by atoms with Gasteiger partial charge >= 0.3 is 0 Å². The Balaban J connectivity index is 1.04. The van der Waals surface area contributed by atoms with Gasteiger partial charge in [-0.05, 0) is 128 Å². The van der Waals surface area contributed by atoms with Crippen LogP contribution in [0.2, 0.25) is 0 Å². The number of anilines is 3. The quantitative estimate of drug-likeness (QED) is 0.133. The number of hydrogen-bond donors (Lipinski definition) is 0. The summed E-state index contributed by atoms with van der Waals surface area (Å²) < 4.78 is 2.39. The highest BCUT2D eigenvalue weighted by Gasteiger charge is 2.22. The first kappa shape index (κ1) is 38.9. The molecule has 0 saturated heterocycles. The average Bonchev–Trinajstić information content (AvgIpc) is 3.71. The Morgan fingerprint density at radius 1 is 0.375 bits per heavy atom. The number of aromatic nitrogens is 1.